The van der Waals surface area contributed by atoms with Gasteiger partial charge in [-0.1, -0.05) is 23.8 Å². The number of aryl methyl sites for hydroxylation is 1. The number of carbonyl (C=O) groups is 1. The first-order valence-electron chi connectivity index (χ1n) is 6.08. The molecule has 0 spiro atoms. The summed E-state index contributed by atoms with van der Waals surface area (Å²) >= 11 is 1.45. The first-order chi connectivity index (χ1) is 8.90. The predicted molar refractivity (Wildman–Crippen MR) is 82.7 cm³/mol. The Morgan fingerprint density at radius 3 is 2.79 bits per heavy atom. The lowest BCUT2D eigenvalue weighted by Crippen LogP contribution is -2.27. The highest BCUT2D eigenvalue weighted by molar-refractivity contribution is 7.21. The molecule has 0 aliphatic carbocycles. The van der Waals surface area contributed by atoms with Gasteiger partial charge < -0.3 is 10.6 Å². The molecule has 0 aliphatic heterocycles. The van der Waals surface area contributed by atoms with Crippen LogP contribution in [-0.4, -0.2) is 24.4 Å². The molecule has 2 aromatic rings. The molecule has 1 aromatic carbocycles. The molecule has 0 aliphatic rings. The van der Waals surface area contributed by atoms with Gasteiger partial charge in [0.25, 0.3) is 5.91 Å². The third-order valence-corrected chi connectivity index (χ3v) is 4.10. The van der Waals surface area contributed by atoms with E-state index in [0.29, 0.717) is 17.1 Å². The number of nitrogens with zero attached hydrogens (tertiary/aromatic N) is 1. The molecule has 0 saturated carbocycles. The number of thiophene rings is 1. The topological polar surface area (TPSA) is 46.3 Å². The van der Waals surface area contributed by atoms with Crippen molar-refractivity contribution >= 4 is 33.0 Å². The van der Waals surface area contributed by atoms with Gasteiger partial charge in [0.1, 0.15) is 4.88 Å². The molecule has 1 aromatic heterocycles. The van der Waals surface area contributed by atoms with Gasteiger partial charge in [-0.3, -0.25) is 4.79 Å². The van der Waals surface area contributed by atoms with E-state index >= 15 is 0 Å². The largest absolute Gasteiger partial charge is 0.397 e. The fourth-order valence-corrected chi connectivity index (χ4v) is 3.14. The Morgan fingerprint density at radius 1 is 1.47 bits per heavy atom. The molecule has 19 heavy (non-hydrogen) atoms. The zero-order chi connectivity index (χ0) is 14.2. The lowest BCUT2D eigenvalue weighted by molar-refractivity contribution is 0.0812. The summed E-state index contributed by atoms with van der Waals surface area (Å²) in [7, 11) is 1.77. The number of hydrogen-bond donors (Lipinski definition) is 1. The van der Waals surface area contributed by atoms with Crippen LogP contribution in [0.3, 0.4) is 0 Å². The molecule has 100 valence electrons. The Labute approximate surface area is 117 Å². The minimum atomic E-state index is -0.0423. The second kappa shape index (κ2) is 5.05. The number of nitrogens with two attached hydrogens (primary N) is 1. The fraction of sp³-hybridized carbons (Fsp3) is 0.267. The molecule has 0 saturated heterocycles. The van der Waals surface area contributed by atoms with Crippen molar-refractivity contribution in [3.8, 4) is 0 Å². The van der Waals surface area contributed by atoms with Gasteiger partial charge >= 0.3 is 0 Å². The van der Waals surface area contributed by atoms with Crippen LogP contribution < -0.4 is 5.73 Å². The van der Waals surface area contributed by atoms with Gasteiger partial charge in [-0.15, -0.1) is 11.3 Å². The Kier molecular flexibility index (Phi) is 3.62. The number of anilines is 1. The monoisotopic (exact) mass is 274 g/mol. The van der Waals surface area contributed by atoms with E-state index in [-0.39, 0.29) is 5.91 Å². The summed E-state index contributed by atoms with van der Waals surface area (Å²) in [5, 5.41) is 0.970. The lowest BCUT2D eigenvalue weighted by atomic mass is 10.1. The maximum Gasteiger partial charge on any atom is 0.266 e. The van der Waals surface area contributed by atoms with Gasteiger partial charge in [0.2, 0.25) is 0 Å². The van der Waals surface area contributed by atoms with Crippen LogP contribution >= 0.6 is 11.3 Å². The van der Waals surface area contributed by atoms with Crippen LogP contribution in [0.5, 0.6) is 0 Å². The maximum absolute atomic E-state index is 12.4. The van der Waals surface area contributed by atoms with Crippen molar-refractivity contribution in [2.45, 2.75) is 13.8 Å². The number of hydrogen-bond acceptors (Lipinski definition) is 3. The highest BCUT2D eigenvalue weighted by atomic mass is 32.1. The van der Waals surface area contributed by atoms with Crippen molar-refractivity contribution in [2.75, 3.05) is 19.3 Å². The molecule has 4 heteroatoms. The third-order valence-electron chi connectivity index (χ3n) is 2.93. The molecule has 3 nitrogen and oxygen atoms in total. The van der Waals surface area contributed by atoms with Gasteiger partial charge in [-0.2, -0.15) is 0 Å². The van der Waals surface area contributed by atoms with Gasteiger partial charge in [-0.05, 0) is 26.0 Å². The molecule has 1 heterocycles. The first-order valence-corrected chi connectivity index (χ1v) is 6.90. The molecule has 0 unspecified atom stereocenters. The smallest absolute Gasteiger partial charge is 0.266 e. The van der Waals surface area contributed by atoms with Crippen LogP contribution in [0.4, 0.5) is 5.69 Å². The van der Waals surface area contributed by atoms with E-state index in [2.05, 4.69) is 6.58 Å². The van der Waals surface area contributed by atoms with Gasteiger partial charge in [-0.25, -0.2) is 0 Å². The van der Waals surface area contributed by atoms with E-state index < -0.39 is 0 Å². The van der Waals surface area contributed by atoms with Crippen molar-refractivity contribution < 1.29 is 4.79 Å². The van der Waals surface area contributed by atoms with Crippen molar-refractivity contribution in [1.82, 2.24) is 4.90 Å². The van der Waals surface area contributed by atoms with Gasteiger partial charge in [0.05, 0.1) is 5.69 Å². The van der Waals surface area contributed by atoms with Crippen molar-refractivity contribution in [3.63, 3.8) is 0 Å². The molecular formula is C15H18N2OS. The summed E-state index contributed by atoms with van der Waals surface area (Å²) in [6, 6.07) is 6.07. The summed E-state index contributed by atoms with van der Waals surface area (Å²) in [6.45, 7) is 8.30. The highest BCUT2D eigenvalue weighted by Gasteiger charge is 2.19. The SMILES string of the molecule is C=C(C)CN(C)C(=O)c1sc2ccc(C)cc2c1N. The number of benzene rings is 1. The standard InChI is InChI=1S/C15H18N2OS/c1-9(2)8-17(4)15(18)14-13(16)11-7-10(3)5-6-12(11)19-14/h5-7H,1,8,16H2,2-4H3. The van der Waals surface area contributed by atoms with Crippen LogP contribution in [-0.2, 0) is 0 Å². The Morgan fingerprint density at radius 2 is 2.16 bits per heavy atom. The van der Waals surface area contributed by atoms with Crippen LogP contribution in [0.1, 0.15) is 22.2 Å². The number of carbonyl (C=O) groups excluding carboxylic acids is 1. The summed E-state index contributed by atoms with van der Waals surface area (Å²) in [4.78, 5) is 14.6. The summed E-state index contributed by atoms with van der Waals surface area (Å²) < 4.78 is 1.05. The Hall–Kier alpha value is -1.81. The molecule has 0 atom stereocenters. The second-order valence-corrected chi connectivity index (χ2v) is 6.01. The molecule has 1 amide bonds. The van der Waals surface area contributed by atoms with Crippen LogP contribution in [0, 0.1) is 6.92 Å². The van der Waals surface area contributed by atoms with Crippen LogP contribution in [0.25, 0.3) is 10.1 Å². The number of nitrogen functional groups attached to an aromatic ring is 1. The Balaban J connectivity index is 2.42. The number of rotatable bonds is 3. The van der Waals surface area contributed by atoms with E-state index in [0.717, 1.165) is 21.2 Å². The minimum Gasteiger partial charge on any atom is -0.397 e. The summed E-state index contributed by atoms with van der Waals surface area (Å²) in [6.07, 6.45) is 0. The molecule has 2 N–H and O–H groups in total. The van der Waals surface area contributed by atoms with E-state index in [4.69, 9.17) is 5.73 Å². The predicted octanol–water partition coefficient (Wildman–Crippen LogP) is 3.44. The van der Waals surface area contributed by atoms with E-state index in [1.165, 1.54) is 11.3 Å². The molecule has 0 fully saturated rings. The quantitative estimate of drug-likeness (QED) is 0.871. The average Bonchev–Trinajstić information content (AvgIpc) is 2.65. The molecule has 0 radical (unpaired) electrons. The van der Waals surface area contributed by atoms with E-state index in [9.17, 15) is 4.79 Å². The summed E-state index contributed by atoms with van der Waals surface area (Å²) in [5.41, 5.74) is 8.80. The van der Waals surface area contributed by atoms with Gasteiger partial charge in [0, 0.05) is 23.7 Å². The molecule has 2 rings (SSSR count). The number of likely N-dealkylation sites (N-methyl/N-ethyl adjacent to an activating group) is 1. The summed E-state index contributed by atoms with van der Waals surface area (Å²) in [5.74, 6) is -0.0423. The zero-order valence-electron chi connectivity index (χ0n) is 11.5. The zero-order valence-corrected chi connectivity index (χ0v) is 12.3. The highest BCUT2D eigenvalue weighted by Crippen LogP contribution is 2.34. The average molecular weight is 274 g/mol. The fourth-order valence-electron chi connectivity index (χ4n) is 2.04. The second-order valence-electron chi connectivity index (χ2n) is 4.96. The van der Waals surface area contributed by atoms with Crippen LogP contribution in [0.2, 0.25) is 0 Å². The Bertz CT molecular complexity index is 657. The normalized spacial score (nSPS) is 10.7. The van der Waals surface area contributed by atoms with Crippen molar-refractivity contribution in [1.29, 1.82) is 0 Å². The van der Waals surface area contributed by atoms with E-state index in [1.807, 2.05) is 32.0 Å². The third kappa shape index (κ3) is 2.63. The molecule has 0 bridgehead atoms. The van der Waals surface area contributed by atoms with Gasteiger partial charge in [0.15, 0.2) is 0 Å². The number of amides is 1. The number of fused-ring (bicyclic) bond motifs is 1. The van der Waals surface area contributed by atoms with Crippen LogP contribution in [0.15, 0.2) is 30.4 Å². The lowest BCUT2D eigenvalue weighted by Gasteiger charge is -2.16. The first kappa shape index (κ1) is 13.6. The maximum atomic E-state index is 12.4. The van der Waals surface area contributed by atoms with Crippen molar-refractivity contribution in [2.24, 2.45) is 0 Å². The molecular weight excluding hydrogens is 256 g/mol. The minimum absolute atomic E-state index is 0.0423. The van der Waals surface area contributed by atoms with E-state index in [1.54, 1.807) is 11.9 Å². The van der Waals surface area contributed by atoms with Crippen molar-refractivity contribution in [3.05, 3.63) is 40.8 Å².